The van der Waals surface area contributed by atoms with Gasteiger partial charge in [0.25, 0.3) is 0 Å². The summed E-state index contributed by atoms with van der Waals surface area (Å²) in [6, 6.07) is 9.84. The Bertz CT molecular complexity index is 333. The molecule has 1 saturated heterocycles. The lowest BCUT2D eigenvalue weighted by Gasteiger charge is -2.33. The minimum Gasteiger partial charge on any atom is -0.469 e. The molecule has 3 nitrogen and oxygen atoms in total. The number of hydrogen-bond acceptors (Lipinski definition) is 3. The van der Waals surface area contributed by atoms with Crippen molar-refractivity contribution < 1.29 is 9.53 Å². The average Bonchev–Trinajstić information content (AvgIpc) is 2.23. The largest absolute Gasteiger partial charge is 0.469 e. The molecule has 15 heavy (non-hydrogen) atoms. The molecule has 0 aliphatic carbocycles. The fraction of sp³-hybridized carbons (Fsp3) is 0.417. The van der Waals surface area contributed by atoms with Crippen LogP contribution < -0.4 is 5.32 Å². The van der Waals surface area contributed by atoms with Crippen LogP contribution in [0.15, 0.2) is 30.3 Å². The topological polar surface area (TPSA) is 38.3 Å². The van der Waals surface area contributed by atoms with Gasteiger partial charge in [-0.1, -0.05) is 30.3 Å². The van der Waals surface area contributed by atoms with Crippen LogP contribution in [0.3, 0.4) is 0 Å². The summed E-state index contributed by atoms with van der Waals surface area (Å²) in [7, 11) is 1.45. The van der Waals surface area contributed by atoms with Crippen molar-refractivity contribution in [1.29, 1.82) is 0 Å². The lowest BCUT2D eigenvalue weighted by atomic mass is 9.82. The van der Waals surface area contributed by atoms with Gasteiger partial charge in [0.15, 0.2) is 0 Å². The third-order valence-electron chi connectivity index (χ3n) is 2.90. The normalized spacial score (nSPS) is 17.9. The summed E-state index contributed by atoms with van der Waals surface area (Å²) in [5, 5.41) is 3.18. The van der Waals surface area contributed by atoms with E-state index in [4.69, 9.17) is 4.74 Å². The van der Waals surface area contributed by atoms with Gasteiger partial charge in [0, 0.05) is 19.0 Å². The molecule has 1 fully saturated rings. The molecule has 0 bridgehead atoms. The number of ether oxygens (including phenoxy) is 1. The molecule has 1 heterocycles. The zero-order valence-corrected chi connectivity index (χ0v) is 8.77. The van der Waals surface area contributed by atoms with E-state index < -0.39 is 0 Å². The van der Waals surface area contributed by atoms with E-state index in [1.165, 1.54) is 7.11 Å². The summed E-state index contributed by atoms with van der Waals surface area (Å²) in [5.74, 6) is 0.130. The first kappa shape index (κ1) is 10.2. The van der Waals surface area contributed by atoms with E-state index in [2.05, 4.69) is 5.32 Å². The zero-order valence-electron chi connectivity index (χ0n) is 8.77. The molecule has 1 aliphatic rings. The molecule has 3 heteroatoms. The molecule has 1 unspecified atom stereocenters. The maximum absolute atomic E-state index is 11.7. The Kier molecular flexibility index (Phi) is 3.02. The van der Waals surface area contributed by atoms with Gasteiger partial charge in [0.05, 0.1) is 13.0 Å². The SMILES string of the molecule is COC(=O)C(c1ccccc1)C1CNC1. The number of carbonyl (C=O) groups is 1. The molecule has 2 rings (SSSR count). The van der Waals surface area contributed by atoms with E-state index in [1.54, 1.807) is 0 Å². The van der Waals surface area contributed by atoms with Crippen LogP contribution in [-0.4, -0.2) is 26.2 Å². The van der Waals surface area contributed by atoms with Gasteiger partial charge in [-0.15, -0.1) is 0 Å². The highest BCUT2D eigenvalue weighted by Gasteiger charge is 2.34. The first-order chi connectivity index (χ1) is 7.33. The van der Waals surface area contributed by atoms with Gasteiger partial charge in [0.2, 0.25) is 0 Å². The molecule has 1 aromatic rings. The molecule has 0 spiro atoms. The van der Waals surface area contributed by atoms with Gasteiger partial charge in [0.1, 0.15) is 0 Å². The quantitative estimate of drug-likeness (QED) is 0.753. The van der Waals surface area contributed by atoms with E-state index in [-0.39, 0.29) is 11.9 Å². The van der Waals surface area contributed by atoms with Gasteiger partial charge in [-0.25, -0.2) is 0 Å². The van der Waals surface area contributed by atoms with Gasteiger partial charge >= 0.3 is 5.97 Å². The van der Waals surface area contributed by atoms with Crippen molar-refractivity contribution in [3.05, 3.63) is 35.9 Å². The minimum atomic E-state index is -0.132. The molecule has 1 N–H and O–H groups in total. The number of nitrogens with one attached hydrogen (secondary N) is 1. The molecule has 1 atom stereocenters. The Hall–Kier alpha value is -1.35. The van der Waals surface area contributed by atoms with Crippen LogP contribution in [0.2, 0.25) is 0 Å². The van der Waals surface area contributed by atoms with Crippen LogP contribution in [-0.2, 0) is 9.53 Å². The van der Waals surface area contributed by atoms with Crippen LogP contribution >= 0.6 is 0 Å². The van der Waals surface area contributed by atoms with Crippen molar-refractivity contribution in [2.24, 2.45) is 5.92 Å². The Labute approximate surface area is 89.4 Å². The lowest BCUT2D eigenvalue weighted by molar-refractivity contribution is -0.144. The summed E-state index contributed by atoms with van der Waals surface area (Å²) in [4.78, 5) is 11.7. The fourth-order valence-corrected chi connectivity index (χ4v) is 1.93. The molecule has 0 aromatic heterocycles. The van der Waals surface area contributed by atoms with Gasteiger partial charge in [-0.05, 0) is 5.56 Å². The van der Waals surface area contributed by atoms with Crippen LogP contribution in [0, 0.1) is 5.92 Å². The number of methoxy groups -OCH3 is 1. The predicted octanol–water partition coefficient (Wildman–Crippen LogP) is 1.16. The van der Waals surface area contributed by atoms with Gasteiger partial charge in [-0.3, -0.25) is 4.79 Å². The lowest BCUT2D eigenvalue weighted by Crippen LogP contribution is -2.47. The number of benzene rings is 1. The van der Waals surface area contributed by atoms with Gasteiger partial charge < -0.3 is 10.1 Å². The molecule has 0 radical (unpaired) electrons. The summed E-state index contributed by atoms with van der Waals surface area (Å²) in [6.45, 7) is 1.79. The highest BCUT2D eigenvalue weighted by molar-refractivity contribution is 5.78. The number of esters is 1. The maximum atomic E-state index is 11.7. The van der Waals surface area contributed by atoms with Crippen LogP contribution in [0.5, 0.6) is 0 Å². The van der Waals surface area contributed by atoms with E-state index >= 15 is 0 Å². The number of carbonyl (C=O) groups excluding carboxylic acids is 1. The van der Waals surface area contributed by atoms with Crippen LogP contribution in [0.1, 0.15) is 11.5 Å². The van der Waals surface area contributed by atoms with E-state index in [0.29, 0.717) is 5.92 Å². The standard InChI is InChI=1S/C12H15NO2/c1-15-12(14)11(10-7-13-8-10)9-5-3-2-4-6-9/h2-6,10-11,13H,7-8H2,1H3. The Morgan fingerprint density at radius 2 is 2.07 bits per heavy atom. The molecular weight excluding hydrogens is 190 g/mol. The predicted molar refractivity (Wildman–Crippen MR) is 57.6 cm³/mol. The Morgan fingerprint density at radius 1 is 1.40 bits per heavy atom. The fourth-order valence-electron chi connectivity index (χ4n) is 1.93. The summed E-state index contributed by atoms with van der Waals surface area (Å²) in [6.07, 6.45) is 0. The van der Waals surface area contributed by atoms with Crippen molar-refractivity contribution in [3.63, 3.8) is 0 Å². The highest BCUT2D eigenvalue weighted by Crippen LogP contribution is 2.28. The van der Waals surface area contributed by atoms with Crippen molar-refractivity contribution in [3.8, 4) is 0 Å². The first-order valence-electron chi connectivity index (χ1n) is 5.16. The molecular formula is C12H15NO2. The Balaban J connectivity index is 2.22. The average molecular weight is 205 g/mol. The van der Waals surface area contributed by atoms with E-state index in [1.807, 2.05) is 30.3 Å². The Morgan fingerprint density at radius 3 is 2.53 bits per heavy atom. The summed E-state index contributed by atoms with van der Waals surface area (Å²) < 4.78 is 4.86. The molecule has 1 aliphatic heterocycles. The van der Waals surface area contributed by atoms with Gasteiger partial charge in [-0.2, -0.15) is 0 Å². The van der Waals surface area contributed by atoms with E-state index in [9.17, 15) is 4.79 Å². The number of rotatable bonds is 3. The smallest absolute Gasteiger partial charge is 0.313 e. The number of hydrogen-bond donors (Lipinski definition) is 1. The van der Waals surface area contributed by atoms with Crippen LogP contribution in [0.25, 0.3) is 0 Å². The maximum Gasteiger partial charge on any atom is 0.313 e. The van der Waals surface area contributed by atoms with Crippen LogP contribution in [0.4, 0.5) is 0 Å². The molecule has 0 saturated carbocycles. The van der Waals surface area contributed by atoms with Crippen molar-refractivity contribution in [2.75, 3.05) is 20.2 Å². The second kappa shape index (κ2) is 4.45. The molecule has 0 amide bonds. The highest BCUT2D eigenvalue weighted by atomic mass is 16.5. The summed E-state index contributed by atoms with van der Waals surface area (Å²) >= 11 is 0. The van der Waals surface area contributed by atoms with Crippen molar-refractivity contribution >= 4 is 5.97 Å². The third kappa shape index (κ3) is 2.02. The second-order valence-corrected chi connectivity index (χ2v) is 3.83. The minimum absolute atomic E-state index is 0.113. The van der Waals surface area contributed by atoms with Crippen molar-refractivity contribution in [1.82, 2.24) is 5.32 Å². The third-order valence-corrected chi connectivity index (χ3v) is 2.90. The molecule has 80 valence electrons. The second-order valence-electron chi connectivity index (χ2n) is 3.83. The summed E-state index contributed by atoms with van der Waals surface area (Å²) in [5.41, 5.74) is 1.05. The zero-order chi connectivity index (χ0) is 10.7. The van der Waals surface area contributed by atoms with E-state index in [0.717, 1.165) is 18.7 Å². The monoisotopic (exact) mass is 205 g/mol. The molecule has 1 aromatic carbocycles. The van der Waals surface area contributed by atoms with Crippen molar-refractivity contribution in [2.45, 2.75) is 5.92 Å². The first-order valence-corrected chi connectivity index (χ1v) is 5.16.